The number of nitrogens with one attached hydrogen (secondary N) is 2. The highest BCUT2D eigenvalue weighted by Gasteiger charge is 2.33. The predicted molar refractivity (Wildman–Crippen MR) is 90.5 cm³/mol. The summed E-state index contributed by atoms with van der Waals surface area (Å²) in [6.07, 6.45) is -3.66. The fourth-order valence-electron chi connectivity index (χ4n) is 1.92. The van der Waals surface area contributed by atoms with E-state index < -0.39 is 11.9 Å². The molecule has 2 N–H and O–H groups in total. The molecule has 0 fully saturated rings. The minimum absolute atomic E-state index is 0.178. The first-order chi connectivity index (χ1) is 11.4. The molecule has 0 aliphatic carbocycles. The average Bonchev–Trinajstić information content (AvgIpc) is 3.00. The van der Waals surface area contributed by atoms with E-state index in [9.17, 15) is 13.2 Å². The summed E-state index contributed by atoms with van der Waals surface area (Å²) in [5.74, 6) is 0.501. The van der Waals surface area contributed by atoms with E-state index in [0.29, 0.717) is 22.5 Å². The molecule has 1 aromatic heterocycles. The van der Waals surface area contributed by atoms with Gasteiger partial charge in [0.25, 0.3) is 0 Å². The Bertz CT molecular complexity index is 700. The van der Waals surface area contributed by atoms with Gasteiger partial charge in [-0.3, -0.25) is 4.99 Å². The number of aromatic nitrogens is 1. The molecule has 9 heteroatoms. The molecule has 4 nitrogen and oxygen atoms in total. The zero-order valence-corrected chi connectivity index (χ0v) is 14.4. The lowest BCUT2D eigenvalue weighted by Crippen LogP contribution is -2.37. The second-order valence-corrected chi connectivity index (χ2v) is 6.24. The van der Waals surface area contributed by atoms with Crippen molar-refractivity contribution in [2.24, 2.45) is 4.99 Å². The smallest absolute Gasteiger partial charge is 0.356 e. The molecule has 2 aromatic rings. The van der Waals surface area contributed by atoms with Crippen LogP contribution in [-0.2, 0) is 19.1 Å². The largest absolute Gasteiger partial charge is 0.434 e. The van der Waals surface area contributed by atoms with Gasteiger partial charge in [-0.2, -0.15) is 13.2 Å². The number of thiazole rings is 1. The average molecular weight is 377 g/mol. The van der Waals surface area contributed by atoms with E-state index in [1.165, 1.54) is 0 Å². The van der Waals surface area contributed by atoms with Crippen molar-refractivity contribution in [1.29, 1.82) is 0 Å². The molecular formula is C15H16ClF3N4S. The van der Waals surface area contributed by atoms with Crippen molar-refractivity contribution >= 4 is 28.9 Å². The molecule has 0 amide bonds. The number of nitrogens with zero attached hydrogens (tertiary/aromatic N) is 2. The Morgan fingerprint density at radius 2 is 2.12 bits per heavy atom. The van der Waals surface area contributed by atoms with E-state index in [1.54, 1.807) is 7.05 Å². The van der Waals surface area contributed by atoms with Crippen LogP contribution in [0.3, 0.4) is 0 Å². The van der Waals surface area contributed by atoms with Gasteiger partial charge >= 0.3 is 6.18 Å². The maximum Gasteiger partial charge on any atom is 0.434 e. The molecule has 0 saturated heterocycles. The molecule has 0 aliphatic rings. The molecule has 2 rings (SSSR count). The zero-order valence-electron chi connectivity index (χ0n) is 12.8. The fraction of sp³-hybridized carbons (Fsp3) is 0.333. The molecule has 0 saturated carbocycles. The van der Waals surface area contributed by atoms with E-state index in [4.69, 9.17) is 11.6 Å². The van der Waals surface area contributed by atoms with Crippen molar-refractivity contribution in [3.8, 4) is 0 Å². The van der Waals surface area contributed by atoms with Gasteiger partial charge in [0.2, 0.25) is 0 Å². The third kappa shape index (κ3) is 5.68. The number of hydrogen-bond acceptors (Lipinski definition) is 3. The first-order valence-corrected chi connectivity index (χ1v) is 8.35. The van der Waals surface area contributed by atoms with Gasteiger partial charge in [-0.15, -0.1) is 11.3 Å². The van der Waals surface area contributed by atoms with Crippen LogP contribution in [0.1, 0.15) is 16.3 Å². The Morgan fingerprint density at radius 3 is 2.75 bits per heavy atom. The molecule has 0 radical (unpaired) electrons. The van der Waals surface area contributed by atoms with Crippen LogP contribution < -0.4 is 10.6 Å². The summed E-state index contributed by atoms with van der Waals surface area (Å²) in [6.45, 7) is 0.795. The first kappa shape index (κ1) is 18.5. The first-order valence-electron chi connectivity index (χ1n) is 7.09. The molecule has 1 aromatic carbocycles. The van der Waals surface area contributed by atoms with Crippen LogP contribution in [0.4, 0.5) is 13.2 Å². The van der Waals surface area contributed by atoms with E-state index in [1.807, 2.05) is 24.3 Å². The molecule has 0 spiro atoms. The van der Waals surface area contributed by atoms with Crippen LogP contribution in [0.2, 0.25) is 5.02 Å². The highest BCUT2D eigenvalue weighted by Crippen LogP contribution is 2.29. The Hall–Kier alpha value is -1.80. The van der Waals surface area contributed by atoms with Gasteiger partial charge in [-0.05, 0) is 24.1 Å². The molecule has 130 valence electrons. The van der Waals surface area contributed by atoms with Gasteiger partial charge in [0, 0.05) is 24.0 Å². The number of alkyl halides is 3. The number of hydrogen-bond donors (Lipinski definition) is 2. The number of halogens is 4. The molecule has 0 atom stereocenters. The van der Waals surface area contributed by atoms with Crippen molar-refractivity contribution in [3.63, 3.8) is 0 Å². The van der Waals surface area contributed by atoms with Crippen molar-refractivity contribution in [1.82, 2.24) is 15.6 Å². The number of guanidine groups is 1. The van der Waals surface area contributed by atoms with Crippen LogP contribution >= 0.6 is 22.9 Å². The van der Waals surface area contributed by atoms with Crippen LogP contribution in [0.5, 0.6) is 0 Å². The van der Waals surface area contributed by atoms with Crippen LogP contribution in [0.15, 0.2) is 34.6 Å². The van der Waals surface area contributed by atoms with Crippen molar-refractivity contribution < 1.29 is 13.2 Å². The second kappa shape index (κ2) is 8.34. The maximum atomic E-state index is 12.5. The molecule has 24 heavy (non-hydrogen) atoms. The summed E-state index contributed by atoms with van der Waals surface area (Å²) in [7, 11) is 1.59. The molecule has 1 heterocycles. The van der Waals surface area contributed by atoms with Crippen LogP contribution in [-0.4, -0.2) is 24.5 Å². The number of aliphatic imine (C=N–C) groups is 1. The Morgan fingerprint density at radius 1 is 1.33 bits per heavy atom. The van der Waals surface area contributed by atoms with Gasteiger partial charge in [0.15, 0.2) is 11.7 Å². The highest BCUT2D eigenvalue weighted by molar-refractivity contribution is 7.09. The van der Waals surface area contributed by atoms with Gasteiger partial charge in [0.1, 0.15) is 5.01 Å². The minimum atomic E-state index is -4.41. The lowest BCUT2D eigenvalue weighted by atomic mass is 10.1. The molecule has 0 bridgehead atoms. The van der Waals surface area contributed by atoms with Crippen molar-refractivity contribution in [2.45, 2.75) is 19.1 Å². The Kier molecular flexibility index (Phi) is 6.44. The third-order valence-electron chi connectivity index (χ3n) is 3.07. The van der Waals surface area contributed by atoms with Crippen LogP contribution in [0, 0.1) is 0 Å². The normalized spacial score (nSPS) is 12.3. The summed E-state index contributed by atoms with van der Waals surface area (Å²) in [5, 5.41) is 8.07. The van der Waals surface area contributed by atoms with E-state index >= 15 is 0 Å². The maximum absolute atomic E-state index is 12.5. The van der Waals surface area contributed by atoms with Gasteiger partial charge < -0.3 is 10.6 Å². The highest BCUT2D eigenvalue weighted by atomic mass is 35.5. The van der Waals surface area contributed by atoms with Gasteiger partial charge in [-0.25, -0.2) is 4.98 Å². The van der Waals surface area contributed by atoms with Gasteiger partial charge in [-0.1, -0.05) is 23.7 Å². The standard InChI is InChI=1S/C15H16ClF3N4S/c1-20-14(21-6-5-10-3-2-4-11(16)7-10)22-8-13-23-12(9-24-13)15(17,18)19/h2-4,7,9H,5-6,8H2,1H3,(H2,20,21,22). The lowest BCUT2D eigenvalue weighted by molar-refractivity contribution is -0.140. The summed E-state index contributed by atoms with van der Waals surface area (Å²) in [6, 6.07) is 7.54. The van der Waals surface area contributed by atoms with E-state index in [2.05, 4.69) is 20.6 Å². The molecule has 0 aliphatic heterocycles. The zero-order chi connectivity index (χ0) is 17.6. The van der Waals surface area contributed by atoms with E-state index in [0.717, 1.165) is 28.7 Å². The van der Waals surface area contributed by atoms with Crippen molar-refractivity contribution in [2.75, 3.05) is 13.6 Å². The topological polar surface area (TPSA) is 49.3 Å². The van der Waals surface area contributed by atoms with Crippen molar-refractivity contribution in [3.05, 3.63) is 50.9 Å². The summed E-state index contributed by atoms with van der Waals surface area (Å²) < 4.78 is 37.5. The van der Waals surface area contributed by atoms with Crippen LogP contribution in [0.25, 0.3) is 0 Å². The molecule has 0 unspecified atom stereocenters. The number of rotatable bonds is 5. The Balaban J connectivity index is 1.79. The summed E-state index contributed by atoms with van der Waals surface area (Å²) >= 11 is 6.88. The SMILES string of the molecule is CN=C(NCCc1cccc(Cl)c1)NCc1nc(C(F)(F)F)cs1. The minimum Gasteiger partial charge on any atom is -0.356 e. The van der Waals surface area contributed by atoms with Gasteiger partial charge in [0.05, 0.1) is 6.54 Å². The summed E-state index contributed by atoms with van der Waals surface area (Å²) in [5.41, 5.74) is 0.216. The summed E-state index contributed by atoms with van der Waals surface area (Å²) in [4.78, 5) is 7.59. The third-order valence-corrected chi connectivity index (χ3v) is 4.15. The lowest BCUT2D eigenvalue weighted by Gasteiger charge is -2.11. The van der Waals surface area contributed by atoms with E-state index in [-0.39, 0.29) is 6.54 Å². The quantitative estimate of drug-likeness (QED) is 0.617. The number of benzene rings is 1. The Labute approximate surface area is 146 Å². The monoisotopic (exact) mass is 376 g/mol. The molecular weight excluding hydrogens is 361 g/mol. The fourth-order valence-corrected chi connectivity index (χ4v) is 2.87. The second-order valence-electron chi connectivity index (χ2n) is 4.86. The predicted octanol–water partition coefficient (Wildman–Crippen LogP) is 3.72.